The zero-order valence-electron chi connectivity index (χ0n) is 20.3. The highest BCUT2D eigenvalue weighted by molar-refractivity contribution is 6.33. The van der Waals surface area contributed by atoms with Crippen LogP contribution in [0.1, 0.15) is 0 Å². The van der Waals surface area contributed by atoms with Gasteiger partial charge in [0.2, 0.25) is 5.82 Å². The lowest BCUT2D eigenvalue weighted by Crippen LogP contribution is -2.47. The number of carbonyl (C=O) groups excluding carboxylic acids is 1. The molecule has 5 rings (SSSR count). The summed E-state index contributed by atoms with van der Waals surface area (Å²) in [6.45, 7) is 0.213. The van der Waals surface area contributed by atoms with E-state index in [2.05, 4.69) is 5.32 Å². The van der Waals surface area contributed by atoms with E-state index in [0.717, 1.165) is 15.7 Å². The molecule has 0 unspecified atom stereocenters. The summed E-state index contributed by atoms with van der Waals surface area (Å²) >= 11 is 6.44. The van der Waals surface area contributed by atoms with Crippen LogP contribution in [-0.4, -0.2) is 38.7 Å². The fourth-order valence-electron chi connectivity index (χ4n) is 4.49. The Labute approximate surface area is 225 Å². The SMILES string of the molecule is O=C(COc1ccc2ccccc2c1)Nc1ccc(N2CCN(c3c(F)c(F)c(F)c(F)c3F)CC2)c(Cl)c1. The number of rotatable bonds is 6. The number of hydrogen-bond acceptors (Lipinski definition) is 4. The Bertz CT molecular complexity index is 1530. The predicted octanol–water partition coefficient (Wildman–Crippen LogP) is 6.53. The van der Waals surface area contributed by atoms with E-state index in [0.29, 0.717) is 22.1 Å². The number of nitrogens with zero attached hydrogens (tertiary/aromatic N) is 2. The van der Waals surface area contributed by atoms with Gasteiger partial charge in [-0.3, -0.25) is 4.79 Å². The van der Waals surface area contributed by atoms with Gasteiger partial charge in [-0.1, -0.05) is 41.9 Å². The van der Waals surface area contributed by atoms with E-state index in [1.165, 1.54) is 0 Å². The van der Waals surface area contributed by atoms with Gasteiger partial charge in [0.1, 0.15) is 11.4 Å². The molecule has 11 heteroatoms. The van der Waals surface area contributed by atoms with E-state index < -0.39 is 34.8 Å². The van der Waals surface area contributed by atoms with Gasteiger partial charge in [0, 0.05) is 31.9 Å². The van der Waals surface area contributed by atoms with Gasteiger partial charge in [0.15, 0.2) is 29.9 Å². The minimum absolute atomic E-state index is 0.000715. The smallest absolute Gasteiger partial charge is 0.262 e. The van der Waals surface area contributed by atoms with Gasteiger partial charge in [-0.15, -0.1) is 0 Å². The zero-order chi connectivity index (χ0) is 27.7. The van der Waals surface area contributed by atoms with Crippen LogP contribution >= 0.6 is 11.6 Å². The van der Waals surface area contributed by atoms with Crippen molar-refractivity contribution < 1.29 is 31.5 Å². The van der Waals surface area contributed by atoms with E-state index >= 15 is 0 Å². The number of amides is 1. The average molecular weight is 562 g/mol. The summed E-state index contributed by atoms with van der Waals surface area (Å²) in [4.78, 5) is 15.3. The van der Waals surface area contributed by atoms with Gasteiger partial charge in [0.25, 0.3) is 5.91 Å². The number of fused-ring (bicyclic) bond motifs is 1. The molecule has 1 fully saturated rings. The molecular formula is C28H21ClF5N3O2. The van der Waals surface area contributed by atoms with Crippen LogP contribution in [0.4, 0.5) is 39.0 Å². The molecule has 1 heterocycles. The number of carbonyl (C=O) groups is 1. The maximum Gasteiger partial charge on any atom is 0.262 e. The first kappa shape index (κ1) is 26.6. The largest absolute Gasteiger partial charge is 0.484 e. The molecule has 0 aromatic heterocycles. The zero-order valence-corrected chi connectivity index (χ0v) is 21.0. The number of nitrogens with one attached hydrogen (secondary N) is 1. The van der Waals surface area contributed by atoms with E-state index in [1.54, 1.807) is 24.3 Å². The van der Waals surface area contributed by atoms with Crippen LogP contribution in [0.25, 0.3) is 10.8 Å². The van der Waals surface area contributed by atoms with Crippen molar-refractivity contribution in [1.29, 1.82) is 0 Å². The third kappa shape index (κ3) is 5.42. The minimum atomic E-state index is -2.19. The summed E-state index contributed by atoms with van der Waals surface area (Å²) in [5.74, 6) is -9.69. The molecule has 4 aromatic rings. The lowest BCUT2D eigenvalue weighted by atomic mass is 10.1. The molecule has 5 nitrogen and oxygen atoms in total. The van der Waals surface area contributed by atoms with Crippen molar-refractivity contribution >= 4 is 45.3 Å². The highest BCUT2D eigenvalue weighted by Gasteiger charge is 2.31. The molecule has 0 atom stereocenters. The number of halogens is 6. The third-order valence-corrected chi connectivity index (χ3v) is 6.75. The summed E-state index contributed by atoms with van der Waals surface area (Å²) in [5.41, 5.74) is 0.0937. The standard InChI is InChI=1S/C28H21ClF5N3O2/c29-20-14-18(35-22(38)15-39-19-7-5-16-3-1-2-4-17(16)13-19)6-8-21(20)36-9-11-37(12-10-36)28-26(33)24(31)23(30)25(32)27(28)34/h1-8,13-14H,9-12,15H2,(H,35,38). The minimum Gasteiger partial charge on any atom is -0.484 e. The quantitative estimate of drug-likeness (QED) is 0.165. The van der Waals surface area contributed by atoms with Crippen molar-refractivity contribution in [3.05, 3.63) is 94.8 Å². The van der Waals surface area contributed by atoms with E-state index in [4.69, 9.17) is 16.3 Å². The Morgan fingerprint density at radius 3 is 2.05 bits per heavy atom. The summed E-state index contributed by atoms with van der Waals surface area (Å²) in [6.07, 6.45) is 0. The summed E-state index contributed by atoms with van der Waals surface area (Å²) in [7, 11) is 0. The molecule has 1 amide bonds. The van der Waals surface area contributed by atoms with Gasteiger partial charge in [0.05, 0.1) is 10.7 Å². The number of benzene rings is 4. The van der Waals surface area contributed by atoms with Gasteiger partial charge in [-0.05, 0) is 41.1 Å². The first-order chi connectivity index (χ1) is 18.7. The lowest BCUT2D eigenvalue weighted by Gasteiger charge is -2.38. The van der Waals surface area contributed by atoms with Crippen LogP contribution < -0.4 is 19.9 Å². The number of piperazine rings is 1. The number of ether oxygens (including phenoxy) is 1. The molecule has 1 aliphatic heterocycles. The normalized spacial score (nSPS) is 13.6. The Kier molecular flexibility index (Phi) is 7.47. The van der Waals surface area contributed by atoms with Crippen LogP contribution in [0.3, 0.4) is 0 Å². The molecular weight excluding hydrogens is 541 g/mol. The highest BCUT2D eigenvalue weighted by Crippen LogP contribution is 2.33. The highest BCUT2D eigenvalue weighted by atomic mass is 35.5. The van der Waals surface area contributed by atoms with Crippen LogP contribution in [0, 0.1) is 29.1 Å². The second-order valence-corrected chi connectivity index (χ2v) is 9.31. The molecule has 1 aliphatic rings. The van der Waals surface area contributed by atoms with Gasteiger partial charge < -0.3 is 19.9 Å². The monoisotopic (exact) mass is 561 g/mol. The molecule has 0 spiro atoms. The molecule has 202 valence electrons. The van der Waals surface area contributed by atoms with Gasteiger partial charge >= 0.3 is 0 Å². The molecule has 39 heavy (non-hydrogen) atoms. The summed E-state index contributed by atoms with van der Waals surface area (Å²) in [6, 6.07) is 18.2. The van der Waals surface area contributed by atoms with E-state index in [-0.39, 0.29) is 38.7 Å². The second-order valence-electron chi connectivity index (χ2n) is 8.90. The van der Waals surface area contributed by atoms with Crippen LogP contribution in [-0.2, 0) is 4.79 Å². The first-order valence-corrected chi connectivity index (χ1v) is 12.3. The van der Waals surface area contributed by atoms with Crippen molar-refractivity contribution in [2.75, 3.05) is 47.9 Å². The maximum absolute atomic E-state index is 14.2. The average Bonchev–Trinajstić information content (AvgIpc) is 2.94. The fraction of sp³-hybridized carbons (Fsp3) is 0.179. The van der Waals surface area contributed by atoms with Crippen molar-refractivity contribution in [2.24, 2.45) is 0 Å². The Morgan fingerprint density at radius 2 is 1.38 bits per heavy atom. The molecule has 0 aliphatic carbocycles. The van der Waals surface area contributed by atoms with Crippen molar-refractivity contribution in [3.63, 3.8) is 0 Å². The lowest BCUT2D eigenvalue weighted by molar-refractivity contribution is -0.118. The Morgan fingerprint density at radius 1 is 0.769 bits per heavy atom. The molecule has 1 N–H and O–H groups in total. The van der Waals surface area contributed by atoms with Crippen molar-refractivity contribution in [3.8, 4) is 5.75 Å². The predicted molar refractivity (Wildman–Crippen MR) is 140 cm³/mol. The van der Waals surface area contributed by atoms with E-state index in [9.17, 15) is 26.7 Å². The summed E-state index contributed by atoms with van der Waals surface area (Å²) in [5, 5.41) is 5.08. The van der Waals surface area contributed by atoms with Crippen LogP contribution in [0.2, 0.25) is 5.02 Å². The second kappa shape index (κ2) is 11.0. The van der Waals surface area contributed by atoms with Crippen molar-refractivity contribution in [2.45, 2.75) is 0 Å². The molecule has 4 aromatic carbocycles. The molecule has 0 radical (unpaired) electrons. The third-order valence-electron chi connectivity index (χ3n) is 6.45. The van der Waals surface area contributed by atoms with Crippen LogP contribution in [0.15, 0.2) is 60.7 Å². The fourth-order valence-corrected chi connectivity index (χ4v) is 4.79. The first-order valence-electron chi connectivity index (χ1n) is 11.9. The van der Waals surface area contributed by atoms with E-state index in [1.807, 2.05) is 41.3 Å². The summed E-state index contributed by atoms with van der Waals surface area (Å²) < 4.78 is 74.6. The Hall–Kier alpha value is -4.05. The number of hydrogen-bond donors (Lipinski definition) is 1. The molecule has 1 saturated heterocycles. The van der Waals surface area contributed by atoms with Gasteiger partial charge in [-0.2, -0.15) is 0 Å². The molecule has 0 saturated carbocycles. The van der Waals surface area contributed by atoms with Crippen molar-refractivity contribution in [1.82, 2.24) is 0 Å². The van der Waals surface area contributed by atoms with Crippen LogP contribution in [0.5, 0.6) is 5.75 Å². The van der Waals surface area contributed by atoms with Gasteiger partial charge in [-0.25, -0.2) is 22.0 Å². The topological polar surface area (TPSA) is 44.8 Å². The maximum atomic E-state index is 14.2. The Balaban J connectivity index is 1.19. The molecule has 0 bridgehead atoms. The number of anilines is 3.